The molecule has 0 bridgehead atoms. The summed E-state index contributed by atoms with van der Waals surface area (Å²) in [7, 11) is 0. The van der Waals surface area contributed by atoms with Gasteiger partial charge in [0.15, 0.2) is 5.78 Å². The summed E-state index contributed by atoms with van der Waals surface area (Å²) in [6, 6.07) is 13.2. The zero-order chi connectivity index (χ0) is 13.4. The molecule has 0 saturated carbocycles. The number of fused-ring (bicyclic) bond motifs is 1. The quantitative estimate of drug-likeness (QED) is 0.553. The highest BCUT2D eigenvalue weighted by molar-refractivity contribution is 9.10. The number of rotatable bonds is 2. The van der Waals surface area contributed by atoms with E-state index in [1.165, 1.54) is 0 Å². The van der Waals surface area contributed by atoms with Crippen LogP contribution in [0.5, 0.6) is 0 Å². The standard InChI is InChI=1S/C15H8BrClOS/c16-12-7-9(5-6-13(12)17)15(18)11-8-19-14-4-2-1-3-10(11)14/h1-8H. The number of carbonyl (C=O) groups excluding carboxylic acids is 1. The van der Waals surface area contributed by atoms with Crippen LogP contribution >= 0.6 is 38.9 Å². The van der Waals surface area contributed by atoms with Gasteiger partial charge in [0.1, 0.15) is 0 Å². The Morgan fingerprint density at radius 1 is 1.16 bits per heavy atom. The molecular formula is C15H8BrClOS. The van der Waals surface area contributed by atoms with E-state index in [4.69, 9.17) is 11.6 Å². The SMILES string of the molecule is O=C(c1ccc(Cl)c(Br)c1)c1csc2ccccc12. The van der Waals surface area contributed by atoms with Crippen molar-refractivity contribution >= 4 is 54.7 Å². The largest absolute Gasteiger partial charge is 0.289 e. The van der Waals surface area contributed by atoms with Crippen molar-refractivity contribution < 1.29 is 4.79 Å². The van der Waals surface area contributed by atoms with Crippen molar-refractivity contribution in [1.82, 2.24) is 0 Å². The van der Waals surface area contributed by atoms with E-state index in [1.54, 1.807) is 29.5 Å². The number of halogens is 2. The molecule has 3 rings (SSSR count). The molecule has 2 aromatic carbocycles. The Morgan fingerprint density at radius 2 is 1.95 bits per heavy atom. The van der Waals surface area contributed by atoms with Gasteiger partial charge in [-0.1, -0.05) is 29.8 Å². The lowest BCUT2D eigenvalue weighted by Crippen LogP contribution is -2.00. The fourth-order valence-electron chi connectivity index (χ4n) is 1.95. The maximum Gasteiger partial charge on any atom is 0.194 e. The summed E-state index contributed by atoms with van der Waals surface area (Å²) in [4.78, 5) is 12.5. The van der Waals surface area contributed by atoms with Crippen molar-refractivity contribution in [2.75, 3.05) is 0 Å². The summed E-state index contributed by atoms with van der Waals surface area (Å²) < 4.78 is 1.86. The second-order valence-electron chi connectivity index (χ2n) is 4.10. The topological polar surface area (TPSA) is 17.1 Å². The molecule has 0 N–H and O–H groups in total. The van der Waals surface area contributed by atoms with Gasteiger partial charge in [0, 0.05) is 31.1 Å². The maximum atomic E-state index is 12.5. The fourth-order valence-corrected chi connectivity index (χ4v) is 3.38. The molecule has 0 aliphatic rings. The summed E-state index contributed by atoms with van der Waals surface area (Å²) in [6.07, 6.45) is 0. The molecule has 4 heteroatoms. The van der Waals surface area contributed by atoms with Crippen LogP contribution in [0.1, 0.15) is 15.9 Å². The van der Waals surface area contributed by atoms with Crippen molar-refractivity contribution in [2.24, 2.45) is 0 Å². The second-order valence-corrected chi connectivity index (χ2v) is 6.28. The number of ketones is 1. The highest BCUT2D eigenvalue weighted by Crippen LogP contribution is 2.29. The van der Waals surface area contributed by atoms with Gasteiger partial charge in [0.2, 0.25) is 0 Å². The Morgan fingerprint density at radius 3 is 2.74 bits per heavy atom. The van der Waals surface area contributed by atoms with E-state index in [1.807, 2.05) is 29.6 Å². The summed E-state index contributed by atoms with van der Waals surface area (Å²) in [5.41, 5.74) is 1.38. The Balaban J connectivity index is 2.11. The number of benzene rings is 2. The van der Waals surface area contributed by atoms with Crippen molar-refractivity contribution in [3.05, 3.63) is 68.5 Å². The van der Waals surface area contributed by atoms with Gasteiger partial charge in [0.25, 0.3) is 0 Å². The van der Waals surface area contributed by atoms with Crippen LogP contribution < -0.4 is 0 Å². The second kappa shape index (κ2) is 5.08. The first-order chi connectivity index (χ1) is 9.16. The van der Waals surface area contributed by atoms with Gasteiger partial charge in [-0.05, 0) is 40.2 Å². The first-order valence-electron chi connectivity index (χ1n) is 5.63. The van der Waals surface area contributed by atoms with Gasteiger partial charge in [-0.15, -0.1) is 11.3 Å². The van der Waals surface area contributed by atoms with Crippen LogP contribution in [0.2, 0.25) is 5.02 Å². The van der Waals surface area contributed by atoms with Gasteiger partial charge >= 0.3 is 0 Å². The first-order valence-corrected chi connectivity index (χ1v) is 7.68. The van der Waals surface area contributed by atoms with Crippen LogP contribution in [0.4, 0.5) is 0 Å². The van der Waals surface area contributed by atoms with E-state index < -0.39 is 0 Å². The number of hydrogen-bond acceptors (Lipinski definition) is 2. The van der Waals surface area contributed by atoms with Crippen LogP contribution in [-0.2, 0) is 0 Å². The lowest BCUT2D eigenvalue weighted by molar-refractivity contribution is 0.104. The molecule has 0 amide bonds. The van der Waals surface area contributed by atoms with E-state index >= 15 is 0 Å². The summed E-state index contributed by atoms with van der Waals surface area (Å²) >= 11 is 10.9. The average Bonchev–Trinajstić information content (AvgIpc) is 2.85. The number of carbonyl (C=O) groups is 1. The summed E-state index contributed by atoms with van der Waals surface area (Å²) in [5, 5.41) is 3.52. The minimum absolute atomic E-state index is 0.0230. The zero-order valence-corrected chi connectivity index (χ0v) is 12.8. The van der Waals surface area contributed by atoms with Gasteiger partial charge in [-0.3, -0.25) is 4.79 Å². The predicted molar refractivity (Wildman–Crippen MR) is 84.4 cm³/mol. The van der Waals surface area contributed by atoms with Crippen LogP contribution in [-0.4, -0.2) is 5.78 Å². The third-order valence-electron chi connectivity index (χ3n) is 2.91. The minimum atomic E-state index is 0.0230. The Labute approximate surface area is 128 Å². The molecule has 3 aromatic rings. The summed E-state index contributed by atoms with van der Waals surface area (Å²) in [6.45, 7) is 0. The Kier molecular flexibility index (Phi) is 3.44. The Hall–Kier alpha value is -1.16. The van der Waals surface area contributed by atoms with Crippen molar-refractivity contribution in [2.45, 2.75) is 0 Å². The lowest BCUT2D eigenvalue weighted by atomic mass is 10.0. The highest BCUT2D eigenvalue weighted by atomic mass is 79.9. The molecular weight excluding hydrogens is 344 g/mol. The molecule has 1 heterocycles. The molecule has 19 heavy (non-hydrogen) atoms. The van der Waals surface area contributed by atoms with E-state index in [2.05, 4.69) is 15.9 Å². The van der Waals surface area contributed by atoms with Gasteiger partial charge in [-0.25, -0.2) is 0 Å². The van der Waals surface area contributed by atoms with E-state index in [0.29, 0.717) is 10.6 Å². The molecule has 0 spiro atoms. The van der Waals surface area contributed by atoms with Gasteiger partial charge < -0.3 is 0 Å². The Bertz CT molecular complexity index is 779. The monoisotopic (exact) mass is 350 g/mol. The first kappa shape index (κ1) is 12.9. The molecule has 0 aliphatic carbocycles. The molecule has 94 valence electrons. The molecule has 0 unspecified atom stereocenters. The van der Waals surface area contributed by atoms with Crippen LogP contribution in [0.15, 0.2) is 52.3 Å². The van der Waals surface area contributed by atoms with Gasteiger partial charge in [0.05, 0.1) is 5.02 Å². The smallest absolute Gasteiger partial charge is 0.194 e. The molecule has 0 radical (unpaired) electrons. The predicted octanol–water partition coefficient (Wildman–Crippen LogP) is 5.55. The van der Waals surface area contributed by atoms with E-state index in [9.17, 15) is 4.79 Å². The molecule has 1 nitrogen and oxygen atoms in total. The van der Waals surface area contributed by atoms with Crippen LogP contribution in [0.25, 0.3) is 10.1 Å². The van der Waals surface area contributed by atoms with Gasteiger partial charge in [-0.2, -0.15) is 0 Å². The van der Waals surface area contributed by atoms with Crippen LogP contribution in [0, 0.1) is 0 Å². The van der Waals surface area contributed by atoms with Crippen molar-refractivity contribution in [1.29, 1.82) is 0 Å². The van der Waals surface area contributed by atoms with Crippen molar-refractivity contribution in [3.63, 3.8) is 0 Å². The van der Waals surface area contributed by atoms with E-state index in [-0.39, 0.29) is 5.78 Å². The average molecular weight is 352 g/mol. The number of hydrogen-bond donors (Lipinski definition) is 0. The molecule has 0 atom stereocenters. The number of thiophene rings is 1. The molecule has 0 aliphatic heterocycles. The third kappa shape index (κ3) is 2.34. The lowest BCUT2D eigenvalue weighted by Gasteiger charge is -2.02. The molecule has 0 saturated heterocycles. The molecule has 0 fully saturated rings. The van der Waals surface area contributed by atoms with Crippen molar-refractivity contribution in [3.8, 4) is 0 Å². The third-order valence-corrected chi connectivity index (χ3v) is 5.08. The molecule has 1 aromatic heterocycles. The maximum absolute atomic E-state index is 12.5. The summed E-state index contributed by atoms with van der Waals surface area (Å²) in [5.74, 6) is 0.0230. The zero-order valence-electron chi connectivity index (χ0n) is 9.69. The fraction of sp³-hybridized carbons (Fsp3) is 0. The highest BCUT2D eigenvalue weighted by Gasteiger charge is 2.14. The van der Waals surface area contributed by atoms with Crippen LogP contribution in [0.3, 0.4) is 0 Å². The normalized spacial score (nSPS) is 10.8. The van der Waals surface area contributed by atoms with E-state index in [0.717, 1.165) is 20.1 Å². The minimum Gasteiger partial charge on any atom is -0.289 e.